The highest BCUT2D eigenvalue weighted by Crippen LogP contribution is 2.28. The van der Waals surface area contributed by atoms with Crippen LogP contribution in [-0.2, 0) is 4.79 Å². The molecule has 1 heterocycles. The van der Waals surface area contributed by atoms with Crippen molar-refractivity contribution in [1.29, 1.82) is 0 Å². The number of thiol groups is 1. The second-order valence-electron chi connectivity index (χ2n) is 6.66. The van der Waals surface area contributed by atoms with Crippen molar-refractivity contribution in [2.75, 3.05) is 42.3 Å². The van der Waals surface area contributed by atoms with Crippen molar-refractivity contribution in [2.45, 2.75) is 38.1 Å². The molecule has 0 aliphatic heterocycles. The number of hydrogen-bond acceptors (Lipinski definition) is 6. The highest BCUT2D eigenvalue weighted by Gasteiger charge is 2.15. The van der Waals surface area contributed by atoms with Crippen molar-refractivity contribution in [3.05, 3.63) is 36.2 Å². The minimum atomic E-state index is -0.0506. The first-order valence-corrected chi connectivity index (χ1v) is 9.71. The van der Waals surface area contributed by atoms with Crippen LogP contribution in [0.4, 0.5) is 17.2 Å². The van der Waals surface area contributed by atoms with Crippen LogP contribution in [0.25, 0.3) is 0 Å². The second kappa shape index (κ2) is 10.2. The first-order chi connectivity index (χ1) is 12.9. The molecule has 7 heteroatoms. The molecule has 0 fully saturated rings. The van der Waals surface area contributed by atoms with Gasteiger partial charge in [0.2, 0.25) is 5.91 Å². The molecule has 1 aromatic carbocycles. The SMILES string of the molecule is CCCN(CCCC(=O)Nc1c(S)nc(C)nc1N(C)C)c1ccccc1. The first kappa shape index (κ1) is 21.0. The van der Waals surface area contributed by atoms with Crippen molar-refractivity contribution in [2.24, 2.45) is 0 Å². The Bertz CT molecular complexity index is 752. The Balaban J connectivity index is 1.96. The van der Waals surface area contributed by atoms with E-state index in [2.05, 4.69) is 51.9 Å². The first-order valence-electron chi connectivity index (χ1n) is 9.27. The van der Waals surface area contributed by atoms with Crippen molar-refractivity contribution in [3.8, 4) is 0 Å². The molecule has 0 spiro atoms. The smallest absolute Gasteiger partial charge is 0.224 e. The molecule has 1 N–H and O–H groups in total. The topological polar surface area (TPSA) is 61.4 Å². The van der Waals surface area contributed by atoms with Crippen LogP contribution < -0.4 is 15.1 Å². The van der Waals surface area contributed by atoms with Gasteiger partial charge in [-0.05, 0) is 31.9 Å². The lowest BCUT2D eigenvalue weighted by molar-refractivity contribution is -0.116. The molecule has 0 saturated heterocycles. The number of para-hydroxylation sites is 1. The summed E-state index contributed by atoms with van der Waals surface area (Å²) in [5.41, 5.74) is 1.76. The monoisotopic (exact) mass is 387 g/mol. The zero-order valence-electron chi connectivity index (χ0n) is 16.6. The molecule has 0 aliphatic carbocycles. The molecule has 27 heavy (non-hydrogen) atoms. The van der Waals surface area contributed by atoms with Gasteiger partial charge in [0.15, 0.2) is 5.82 Å². The van der Waals surface area contributed by atoms with Crippen LogP contribution in [0.15, 0.2) is 35.4 Å². The van der Waals surface area contributed by atoms with Crippen LogP contribution >= 0.6 is 12.6 Å². The Hall–Kier alpha value is -2.28. The van der Waals surface area contributed by atoms with Crippen LogP contribution in [0.2, 0.25) is 0 Å². The molecule has 146 valence electrons. The number of carbonyl (C=O) groups is 1. The van der Waals surface area contributed by atoms with E-state index in [0.717, 1.165) is 25.9 Å². The predicted molar refractivity (Wildman–Crippen MR) is 115 cm³/mol. The summed E-state index contributed by atoms with van der Waals surface area (Å²) in [5.74, 6) is 1.24. The molecule has 0 atom stereocenters. The minimum absolute atomic E-state index is 0.0506. The van der Waals surface area contributed by atoms with E-state index >= 15 is 0 Å². The van der Waals surface area contributed by atoms with Gasteiger partial charge < -0.3 is 15.1 Å². The largest absolute Gasteiger partial charge is 0.372 e. The van der Waals surface area contributed by atoms with Gasteiger partial charge in [-0.25, -0.2) is 9.97 Å². The van der Waals surface area contributed by atoms with Crippen molar-refractivity contribution in [3.63, 3.8) is 0 Å². The van der Waals surface area contributed by atoms with E-state index < -0.39 is 0 Å². The fraction of sp³-hybridized carbons (Fsp3) is 0.450. The number of nitrogens with zero attached hydrogens (tertiary/aromatic N) is 4. The number of amides is 1. The van der Waals surface area contributed by atoms with E-state index in [-0.39, 0.29) is 5.91 Å². The molecule has 2 aromatic rings. The third-order valence-corrected chi connectivity index (χ3v) is 4.44. The minimum Gasteiger partial charge on any atom is -0.372 e. The van der Waals surface area contributed by atoms with Crippen molar-refractivity contribution < 1.29 is 4.79 Å². The van der Waals surface area contributed by atoms with Gasteiger partial charge >= 0.3 is 0 Å². The molecule has 0 unspecified atom stereocenters. The van der Waals surface area contributed by atoms with Gasteiger partial charge in [-0.2, -0.15) is 0 Å². The molecule has 0 saturated carbocycles. The van der Waals surface area contributed by atoms with Crippen LogP contribution in [0.5, 0.6) is 0 Å². The average molecular weight is 388 g/mol. The number of aryl methyl sites for hydroxylation is 1. The molecule has 0 aliphatic rings. The number of nitrogens with one attached hydrogen (secondary N) is 1. The lowest BCUT2D eigenvalue weighted by Gasteiger charge is -2.24. The lowest BCUT2D eigenvalue weighted by atomic mass is 10.2. The lowest BCUT2D eigenvalue weighted by Crippen LogP contribution is -2.26. The Morgan fingerprint density at radius 3 is 2.48 bits per heavy atom. The standard InChI is InChI=1S/C20H29N5OS/c1-5-13-25(16-10-7-6-8-11-16)14-9-12-17(26)23-18-19(24(3)4)21-15(2)22-20(18)27/h6-8,10-11H,5,9,12-14H2,1-4H3,(H,23,26)(H,21,22,27). The Morgan fingerprint density at radius 2 is 1.85 bits per heavy atom. The van der Waals surface area contributed by atoms with Crippen LogP contribution in [0, 0.1) is 6.92 Å². The number of hydrogen-bond donors (Lipinski definition) is 2. The summed E-state index contributed by atoms with van der Waals surface area (Å²) in [6.07, 6.45) is 2.27. The van der Waals surface area contributed by atoms with Crippen LogP contribution in [0.1, 0.15) is 32.0 Å². The van der Waals surface area contributed by atoms with E-state index in [1.165, 1.54) is 5.69 Å². The van der Waals surface area contributed by atoms with E-state index in [1.807, 2.05) is 44.1 Å². The molecular formula is C20H29N5OS. The average Bonchev–Trinajstić information content (AvgIpc) is 2.63. The third kappa shape index (κ3) is 6.13. The number of carbonyl (C=O) groups excluding carboxylic acids is 1. The fourth-order valence-electron chi connectivity index (χ4n) is 2.89. The Labute approximate surface area is 167 Å². The van der Waals surface area contributed by atoms with Gasteiger partial charge in [0.25, 0.3) is 0 Å². The second-order valence-corrected chi connectivity index (χ2v) is 7.09. The zero-order valence-corrected chi connectivity index (χ0v) is 17.5. The summed E-state index contributed by atoms with van der Waals surface area (Å²) < 4.78 is 0. The van der Waals surface area contributed by atoms with Gasteiger partial charge in [-0.15, -0.1) is 12.6 Å². The van der Waals surface area contributed by atoms with Crippen LogP contribution in [-0.4, -0.2) is 43.1 Å². The molecule has 1 amide bonds. The van der Waals surface area contributed by atoms with Gasteiger partial charge in [-0.1, -0.05) is 25.1 Å². The molecule has 6 nitrogen and oxygen atoms in total. The predicted octanol–water partition coefficient (Wildman–Crippen LogP) is 3.78. The third-order valence-electron chi connectivity index (χ3n) is 4.12. The molecule has 0 radical (unpaired) electrons. The summed E-state index contributed by atoms with van der Waals surface area (Å²) in [6, 6.07) is 10.3. The maximum atomic E-state index is 12.5. The van der Waals surface area contributed by atoms with Gasteiger partial charge in [0, 0.05) is 39.3 Å². The number of rotatable bonds is 9. The summed E-state index contributed by atoms with van der Waals surface area (Å²) in [7, 11) is 3.76. The van der Waals surface area contributed by atoms with E-state index in [1.54, 1.807) is 0 Å². The van der Waals surface area contributed by atoms with E-state index in [9.17, 15) is 4.79 Å². The van der Waals surface area contributed by atoms with Crippen molar-refractivity contribution >= 4 is 35.7 Å². The summed E-state index contributed by atoms with van der Waals surface area (Å²) in [4.78, 5) is 25.3. The fourth-order valence-corrected chi connectivity index (χ4v) is 3.19. The maximum Gasteiger partial charge on any atom is 0.224 e. The highest BCUT2D eigenvalue weighted by atomic mass is 32.1. The molecular weight excluding hydrogens is 358 g/mol. The highest BCUT2D eigenvalue weighted by molar-refractivity contribution is 7.80. The summed E-state index contributed by atoms with van der Waals surface area (Å²) in [5, 5.41) is 3.42. The number of benzene rings is 1. The quantitative estimate of drug-likeness (QED) is 0.507. The molecule has 1 aromatic heterocycles. The van der Waals surface area contributed by atoms with Crippen molar-refractivity contribution in [1.82, 2.24) is 9.97 Å². The Morgan fingerprint density at radius 1 is 1.15 bits per heavy atom. The number of aromatic nitrogens is 2. The van der Waals surface area contributed by atoms with E-state index in [0.29, 0.717) is 28.8 Å². The summed E-state index contributed by atoms with van der Waals surface area (Å²) in [6.45, 7) is 5.79. The molecule has 2 rings (SSSR count). The van der Waals surface area contributed by atoms with Gasteiger partial charge in [0.1, 0.15) is 16.5 Å². The Kier molecular flexibility index (Phi) is 7.91. The molecule has 0 bridgehead atoms. The van der Waals surface area contributed by atoms with E-state index in [4.69, 9.17) is 0 Å². The van der Waals surface area contributed by atoms with Gasteiger partial charge in [-0.3, -0.25) is 4.79 Å². The normalized spacial score (nSPS) is 10.6. The zero-order chi connectivity index (χ0) is 19.8. The number of anilines is 3. The van der Waals surface area contributed by atoms with Gasteiger partial charge in [0.05, 0.1) is 0 Å². The summed E-state index contributed by atoms with van der Waals surface area (Å²) >= 11 is 4.40. The maximum absolute atomic E-state index is 12.5. The van der Waals surface area contributed by atoms with Crippen LogP contribution in [0.3, 0.4) is 0 Å².